The molecule has 0 atom stereocenters. The Kier molecular flexibility index (Phi) is 5.04. The van der Waals surface area contributed by atoms with Crippen molar-refractivity contribution in [2.45, 2.75) is 40.2 Å². The molecule has 0 spiro atoms. The fourth-order valence-electron chi connectivity index (χ4n) is 2.01. The van der Waals surface area contributed by atoms with Crippen molar-refractivity contribution in [3.8, 4) is 11.3 Å². The average molecular weight is 302 g/mol. The smallest absolute Gasteiger partial charge is 0.224 e. The third-order valence-corrected chi connectivity index (χ3v) is 3.36. The number of nitrogens with zero attached hydrogens (tertiary/aromatic N) is 3. The van der Waals surface area contributed by atoms with Crippen LogP contribution in [0, 0.1) is 0 Å². The predicted octanol–water partition coefficient (Wildman–Crippen LogP) is 3.15. The number of anilines is 1. The van der Waals surface area contributed by atoms with Gasteiger partial charge in [0.1, 0.15) is 5.69 Å². The summed E-state index contributed by atoms with van der Waals surface area (Å²) >= 11 is 0. The number of amides is 1. The molecule has 0 aliphatic heterocycles. The van der Waals surface area contributed by atoms with Crippen LogP contribution in [-0.2, 0) is 11.3 Å². The summed E-state index contributed by atoms with van der Waals surface area (Å²) in [4.78, 5) is 32.2. The van der Waals surface area contributed by atoms with Gasteiger partial charge in [0.05, 0.1) is 17.7 Å². The number of hydrogen-bond acceptors (Lipinski definition) is 4. The van der Waals surface area contributed by atoms with E-state index in [9.17, 15) is 9.59 Å². The molecule has 0 fully saturated rings. The van der Waals surface area contributed by atoms with Crippen LogP contribution in [0.15, 0.2) is 24.8 Å². The van der Waals surface area contributed by atoms with E-state index in [4.69, 9.17) is 0 Å². The van der Waals surface area contributed by atoms with Crippen LogP contribution in [-0.4, -0.2) is 26.2 Å². The van der Waals surface area contributed by atoms with Crippen molar-refractivity contribution in [2.75, 3.05) is 5.32 Å². The van der Waals surface area contributed by atoms with E-state index in [1.165, 1.54) is 0 Å². The molecule has 0 aromatic carbocycles. The van der Waals surface area contributed by atoms with E-state index >= 15 is 0 Å². The Balaban J connectivity index is 0.00000264. The highest BCUT2D eigenvalue weighted by Crippen LogP contribution is 2.24. The molecule has 0 radical (unpaired) electrons. The molecule has 0 unspecified atom stereocenters. The van der Waals surface area contributed by atoms with Crippen LogP contribution in [0.4, 0.5) is 5.69 Å². The number of ketones is 1. The number of Topliss-reactive ketones (excluding diaryl/α,β-unsaturated/α-hetero) is 1. The fraction of sp³-hybridized carbons (Fsp3) is 0.375. The lowest BCUT2D eigenvalue weighted by Gasteiger charge is -2.10. The standard InChI is InChI=1S/C16H20N4O2.H2/c1-4-14(21)16-12(19-15(22)5-2)7-11(8-17-16)13-9-20(6-3)10-18-13;/h7-10H,4-6H2,1-3H3,(H,19,22);1H. The van der Waals surface area contributed by atoms with Gasteiger partial charge in [0.2, 0.25) is 5.91 Å². The Morgan fingerprint density at radius 1 is 1.23 bits per heavy atom. The van der Waals surface area contributed by atoms with Crippen LogP contribution in [0.5, 0.6) is 0 Å². The van der Waals surface area contributed by atoms with E-state index < -0.39 is 0 Å². The molecule has 2 rings (SSSR count). The maximum atomic E-state index is 12.0. The zero-order valence-corrected chi connectivity index (χ0v) is 13.1. The molecule has 6 nitrogen and oxygen atoms in total. The van der Waals surface area contributed by atoms with Gasteiger partial charge in [0, 0.05) is 38.8 Å². The summed E-state index contributed by atoms with van der Waals surface area (Å²) in [7, 11) is 0. The quantitative estimate of drug-likeness (QED) is 0.832. The summed E-state index contributed by atoms with van der Waals surface area (Å²) in [5, 5.41) is 2.75. The third-order valence-electron chi connectivity index (χ3n) is 3.36. The zero-order valence-electron chi connectivity index (χ0n) is 13.1. The second-order valence-corrected chi connectivity index (χ2v) is 4.89. The number of carbonyl (C=O) groups is 2. The summed E-state index contributed by atoms with van der Waals surface area (Å²) in [6.45, 7) is 6.38. The lowest BCUT2D eigenvalue weighted by atomic mass is 10.1. The maximum Gasteiger partial charge on any atom is 0.224 e. The van der Waals surface area contributed by atoms with E-state index in [0.717, 1.165) is 17.8 Å². The average Bonchev–Trinajstić information content (AvgIpc) is 3.03. The van der Waals surface area contributed by atoms with E-state index in [2.05, 4.69) is 15.3 Å². The van der Waals surface area contributed by atoms with Crippen LogP contribution in [0.1, 0.15) is 45.5 Å². The van der Waals surface area contributed by atoms with Gasteiger partial charge < -0.3 is 9.88 Å². The largest absolute Gasteiger partial charge is 0.337 e. The molecule has 2 heterocycles. The normalized spacial score (nSPS) is 10.5. The summed E-state index contributed by atoms with van der Waals surface area (Å²) in [6, 6.07) is 1.76. The second-order valence-electron chi connectivity index (χ2n) is 4.89. The lowest BCUT2D eigenvalue weighted by molar-refractivity contribution is -0.115. The molecule has 6 heteroatoms. The Morgan fingerprint density at radius 3 is 2.59 bits per heavy atom. The Labute approximate surface area is 131 Å². The topological polar surface area (TPSA) is 76.9 Å². The number of pyridine rings is 1. The van der Waals surface area contributed by atoms with Crippen molar-refractivity contribution in [3.63, 3.8) is 0 Å². The molecular weight excluding hydrogens is 280 g/mol. The van der Waals surface area contributed by atoms with Crippen LogP contribution in [0.2, 0.25) is 0 Å². The molecule has 1 N–H and O–H groups in total. The van der Waals surface area contributed by atoms with Crippen molar-refractivity contribution in [3.05, 3.63) is 30.5 Å². The van der Waals surface area contributed by atoms with Gasteiger partial charge in [-0.2, -0.15) is 0 Å². The van der Waals surface area contributed by atoms with Gasteiger partial charge >= 0.3 is 0 Å². The van der Waals surface area contributed by atoms with Gasteiger partial charge in [-0.25, -0.2) is 4.98 Å². The highest BCUT2D eigenvalue weighted by Gasteiger charge is 2.15. The van der Waals surface area contributed by atoms with E-state index in [0.29, 0.717) is 24.2 Å². The molecule has 22 heavy (non-hydrogen) atoms. The van der Waals surface area contributed by atoms with E-state index in [1.807, 2.05) is 17.7 Å². The number of imidazole rings is 1. The first-order valence-electron chi connectivity index (χ1n) is 7.44. The third kappa shape index (κ3) is 3.39. The van der Waals surface area contributed by atoms with Crippen molar-refractivity contribution in [1.82, 2.24) is 14.5 Å². The summed E-state index contributed by atoms with van der Waals surface area (Å²) in [6.07, 6.45) is 5.95. The molecular formula is C16H22N4O2. The van der Waals surface area contributed by atoms with E-state index in [-0.39, 0.29) is 13.1 Å². The van der Waals surface area contributed by atoms with Crippen LogP contribution >= 0.6 is 0 Å². The number of aromatic nitrogens is 3. The molecule has 0 aliphatic rings. The van der Waals surface area contributed by atoms with Gasteiger partial charge in [-0.05, 0) is 13.0 Å². The van der Waals surface area contributed by atoms with Gasteiger partial charge in [-0.1, -0.05) is 13.8 Å². The zero-order chi connectivity index (χ0) is 16.1. The predicted molar refractivity (Wildman–Crippen MR) is 86.8 cm³/mol. The van der Waals surface area contributed by atoms with E-state index in [1.54, 1.807) is 32.4 Å². The van der Waals surface area contributed by atoms with Crippen molar-refractivity contribution < 1.29 is 11.0 Å². The van der Waals surface area contributed by atoms with Crippen molar-refractivity contribution >= 4 is 17.4 Å². The summed E-state index contributed by atoms with van der Waals surface area (Å²) < 4.78 is 1.95. The summed E-state index contributed by atoms with van der Waals surface area (Å²) in [5.74, 6) is -0.250. The maximum absolute atomic E-state index is 12.0. The second kappa shape index (κ2) is 6.98. The SMILES string of the molecule is CCC(=O)Nc1cc(-c2cn(CC)cn2)cnc1C(=O)CC.[HH]. The summed E-state index contributed by atoms with van der Waals surface area (Å²) in [5.41, 5.74) is 2.27. The number of rotatable bonds is 6. The van der Waals surface area contributed by atoms with Crippen LogP contribution in [0.25, 0.3) is 11.3 Å². The Bertz CT molecular complexity index is 697. The van der Waals surface area contributed by atoms with Gasteiger partial charge in [-0.3, -0.25) is 14.6 Å². The van der Waals surface area contributed by atoms with Crippen LogP contribution in [0.3, 0.4) is 0 Å². The minimum atomic E-state index is -0.150. The highest BCUT2D eigenvalue weighted by atomic mass is 16.1. The highest BCUT2D eigenvalue weighted by molar-refractivity contribution is 6.03. The van der Waals surface area contributed by atoms with Crippen LogP contribution < -0.4 is 5.32 Å². The Hall–Kier alpha value is -2.50. The minimum absolute atomic E-state index is 0. The molecule has 0 aliphatic carbocycles. The molecule has 2 aromatic rings. The number of carbonyl (C=O) groups excluding carboxylic acids is 2. The van der Waals surface area contributed by atoms with Crippen molar-refractivity contribution in [1.29, 1.82) is 0 Å². The first-order valence-corrected chi connectivity index (χ1v) is 7.44. The van der Waals surface area contributed by atoms with Gasteiger partial charge in [-0.15, -0.1) is 0 Å². The first-order chi connectivity index (χ1) is 10.6. The van der Waals surface area contributed by atoms with Crippen molar-refractivity contribution in [2.24, 2.45) is 0 Å². The monoisotopic (exact) mass is 302 g/mol. The number of nitrogens with one attached hydrogen (secondary N) is 1. The molecule has 0 saturated carbocycles. The lowest BCUT2D eigenvalue weighted by Crippen LogP contribution is -2.14. The molecule has 2 aromatic heterocycles. The molecule has 118 valence electrons. The minimum Gasteiger partial charge on any atom is -0.337 e. The number of aryl methyl sites for hydroxylation is 1. The van der Waals surface area contributed by atoms with Gasteiger partial charge in [0.25, 0.3) is 0 Å². The molecule has 0 bridgehead atoms. The van der Waals surface area contributed by atoms with Gasteiger partial charge in [0.15, 0.2) is 5.78 Å². The first kappa shape index (κ1) is 15.9. The molecule has 0 saturated heterocycles. The Morgan fingerprint density at radius 2 is 2.00 bits per heavy atom. The molecule has 1 amide bonds. The fourth-order valence-corrected chi connectivity index (χ4v) is 2.01. The number of hydrogen-bond donors (Lipinski definition) is 1.